The van der Waals surface area contributed by atoms with Crippen LogP contribution in [-0.4, -0.2) is 13.4 Å². The summed E-state index contributed by atoms with van der Waals surface area (Å²) in [6, 6.07) is 11.5. The Morgan fingerprint density at radius 1 is 1.16 bits per heavy atom. The van der Waals surface area contributed by atoms with Gasteiger partial charge in [0.05, 0.1) is 0 Å². The van der Waals surface area contributed by atoms with E-state index >= 15 is 0 Å². The van der Waals surface area contributed by atoms with Crippen LogP contribution in [0.5, 0.6) is 0 Å². The van der Waals surface area contributed by atoms with Gasteiger partial charge in [0.2, 0.25) is 0 Å². The zero-order valence-corrected chi connectivity index (χ0v) is 12.5. The lowest BCUT2D eigenvalue weighted by Crippen LogP contribution is -2.13. The highest BCUT2D eigenvalue weighted by molar-refractivity contribution is 14.1. The molecule has 2 rings (SSSR count). The molecule has 0 bridgehead atoms. The van der Waals surface area contributed by atoms with E-state index < -0.39 is 10.0 Å². The van der Waals surface area contributed by atoms with E-state index in [1.807, 2.05) is 6.07 Å². The maximum Gasteiger partial charge on any atom is 0.263 e. The number of hydrogen-bond acceptors (Lipinski definition) is 4. The Labute approximate surface area is 124 Å². The first-order chi connectivity index (χ1) is 9.01. The molecule has 5 nitrogen and oxygen atoms in total. The SMILES string of the molecule is N#Cc1ccc(S(=O)(=O)Nc2ccc(I)cc2)cn1. The Hall–Kier alpha value is -1.66. The summed E-state index contributed by atoms with van der Waals surface area (Å²) in [5, 5.41) is 8.61. The fraction of sp³-hybridized carbons (Fsp3) is 0. The lowest BCUT2D eigenvalue weighted by molar-refractivity contribution is 0.601. The number of aromatic nitrogens is 1. The van der Waals surface area contributed by atoms with E-state index in [9.17, 15) is 8.42 Å². The molecule has 2 aromatic rings. The van der Waals surface area contributed by atoms with Gasteiger partial charge in [0.1, 0.15) is 16.7 Å². The predicted molar refractivity (Wildman–Crippen MR) is 78.9 cm³/mol. The van der Waals surface area contributed by atoms with Gasteiger partial charge in [-0.2, -0.15) is 5.26 Å². The lowest BCUT2D eigenvalue weighted by atomic mass is 10.3. The van der Waals surface area contributed by atoms with Crippen molar-refractivity contribution in [1.82, 2.24) is 4.98 Å². The number of sulfonamides is 1. The molecule has 0 amide bonds. The minimum absolute atomic E-state index is 0.0186. The van der Waals surface area contributed by atoms with Gasteiger partial charge in [0.25, 0.3) is 10.0 Å². The van der Waals surface area contributed by atoms with E-state index in [4.69, 9.17) is 5.26 Å². The first-order valence-electron chi connectivity index (χ1n) is 5.16. The van der Waals surface area contributed by atoms with Crippen LogP contribution < -0.4 is 4.72 Å². The Bertz CT molecular complexity index is 719. The summed E-state index contributed by atoms with van der Waals surface area (Å²) in [6.45, 7) is 0. The molecule has 0 fully saturated rings. The van der Waals surface area contributed by atoms with Crippen molar-refractivity contribution >= 4 is 38.3 Å². The van der Waals surface area contributed by atoms with E-state index in [1.165, 1.54) is 12.1 Å². The monoisotopic (exact) mass is 385 g/mol. The molecule has 0 atom stereocenters. The average Bonchev–Trinajstić information content (AvgIpc) is 2.41. The predicted octanol–water partition coefficient (Wildman–Crippen LogP) is 2.36. The zero-order valence-electron chi connectivity index (χ0n) is 9.54. The molecule has 0 aliphatic rings. The Balaban J connectivity index is 2.27. The van der Waals surface area contributed by atoms with Crippen molar-refractivity contribution in [2.24, 2.45) is 0 Å². The van der Waals surface area contributed by atoms with E-state index in [-0.39, 0.29) is 10.6 Å². The number of rotatable bonds is 3. The first-order valence-corrected chi connectivity index (χ1v) is 7.72. The van der Waals surface area contributed by atoms with Gasteiger partial charge in [-0.1, -0.05) is 0 Å². The third-order valence-corrected chi connectivity index (χ3v) is 4.34. The summed E-state index contributed by atoms with van der Waals surface area (Å²) in [6.07, 6.45) is 1.16. The fourth-order valence-corrected chi connectivity index (χ4v) is 2.70. The van der Waals surface area contributed by atoms with E-state index in [0.717, 1.165) is 9.77 Å². The highest BCUT2D eigenvalue weighted by atomic mass is 127. The number of anilines is 1. The summed E-state index contributed by atoms with van der Waals surface area (Å²) in [7, 11) is -3.68. The number of pyridine rings is 1. The molecule has 0 aliphatic carbocycles. The molecule has 1 N–H and O–H groups in total. The van der Waals surface area contributed by atoms with Crippen LogP contribution in [0.4, 0.5) is 5.69 Å². The van der Waals surface area contributed by atoms with Crippen molar-refractivity contribution in [3.05, 3.63) is 51.9 Å². The molecule has 1 aromatic heterocycles. The third kappa shape index (κ3) is 3.42. The van der Waals surface area contributed by atoms with Gasteiger partial charge in [0.15, 0.2) is 0 Å². The third-order valence-electron chi connectivity index (χ3n) is 2.26. The molecule has 0 radical (unpaired) electrons. The minimum Gasteiger partial charge on any atom is -0.280 e. The number of nitrogens with zero attached hydrogens (tertiary/aromatic N) is 2. The second kappa shape index (κ2) is 5.54. The normalized spacial score (nSPS) is 10.7. The molecule has 0 saturated carbocycles. The highest BCUT2D eigenvalue weighted by Gasteiger charge is 2.14. The van der Waals surface area contributed by atoms with Crippen LogP contribution in [0.2, 0.25) is 0 Å². The minimum atomic E-state index is -3.68. The summed E-state index contributed by atoms with van der Waals surface area (Å²) in [4.78, 5) is 3.76. The topological polar surface area (TPSA) is 82.8 Å². The fourth-order valence-electron chi connectivity index (χ4n) is 1.34. The van der Waals surface area contributed by atoms with Gasteiger partial charge in [-0.3, -0.25) is 4.72 Å². The molecule has 0 aliphatic heterocycles. The summed E-state index contributed by atoms with van der Waals surface area (Å²) in [5.74, 6) is 0. The van der Waals surface area contributed by atoms with Crippen molar-refractivity contribution in [2.45, 2.75) is 4.90 Å². The largest absolute Gasteiger partial charge is 0.280 e. The lowest BCUT2D eigenvalue weighted by Gasteiger charge is -2.07. The molecule has 0 unspecified atom stereocenters. The number of benzene rings is 1. The van der Waals surface area contributed by atoms with Crippen LogP contribution >= 0.6 is 22.6 Å². The summed E-state index contributed by atoms with van der Waals surface area (Å²) < 4.78 is 27.6. The smallest absolute Gasteiger partial charge is 0.263 e. The van der Waals surface area contributed by atoms with Gasteiger partial charge >= 0.3 is 0 Å². The quantitative estimate of drug-likeness (QED) is 0.823. The van der Waals surface area contributed by atoms with Crippen LogP contribution in [0.15, 0.2) is 47.5 Å². The van der Waals surface area contributed by atoms with Gasteiger partial charge in [-0.05, 0) is 59.0 Å². The standard InChI is InChI=1S/C12H8IN3O2S/c13-9-1-3-10(4-2-9)16-19(17,18)12-6-5-11(7-14)15-8-12/h1-6,8,16H. The molecule has 0 saturated heterocycles. The highest BCUT2D eigenvalue weighted by Crippen LogP contribution is 2.16. The van der Waals surface area contributed by atoms with Crippen LogP contribution in [0, 0.1) is 14.9 Å². The second-order valence-corrected chi connectivity index (χ2v) is 6.53. The molecule has 96 valence electrons. The molecule has 1 aromatic carbocycles. The first kappa shape index (κ1) is 13.8. The summed E-state index contributed by atoms with van der Waals surface area (Å²) >= 11 is 2.14. The average molecular weight is 385 g/mol. The number of halogens is 1. The van der Waals surface area contributed by atoms with E-state index in [0.29, 0.717) is 5.69 Å². The Morgan fingerprint density at radius 3 is 2.37 bits per heavy atom. The zero-order chi connectivity index (χ0) is 13.9. The molecule has 0 spiro atoms. The molecule has 1 heterocycles. The van der Waals surface area contributed by atoms with Gasteiger partial charge in [0, 0.05) is 15.5 Å². The molecular weight excluding hydrogens is 377 g/mol. The second-order valence-electron chi connectivity index (χ2n) is 3.60. The van der Waals surface area contributed by atoms with Crippen LogP contribution in [0.25, 0.3) is 0 Å². The van der Waals surface area contributed by atoms with Crippen molar-refractivity contribution in [2.75, 3.05) is 4.72 Å². The van der Waals surface area contributed by atoms with Crippen molar-refractivity contribution in [3.8, 4) is 6.07 Å². The summed E-state index contributed by atoms with van der Waals surface area (Å²) in [5.41, 5.74) is 0.651. The molecule has 19 heavy (non-hydrogen) atoms. The van der Waals surface area contributed by atoms with Crippen LogP contribution in [-0.2, 0) is 10.0 Å². The number of nitriles is 1. The van der Waals surface area contributed by atoms with E-state index in [2.05, 4.69) is 32.3 Å². The molecule has 7 heteroatoms. The van der Waals surface area contributed by atoms with E-state index in [1.54, 1.807) is 24.3 Å². The van der Waals surface area contributed by atoms with Gasteiger partial charge in [-0.25, -0.2) is 13.4 Å². The van der Waals surface area contributed by atoms with Crippen LogP contribution in [0.1, 0.15) is 5.69 Å². The van der Waals surface area contributed by atoms with Crippen molar-refractivity contribution in [3.63, 3.8) is 0 Å². The Kier molecular flexibility index (Phi) is 4.01. The number of hydrogen-bond donors (Lipinski definition) is 1. The molecular formula is C12H8IN3O2S. The van der Waals surface area contributed by atoms with Crippen molar-refractivity contribution < 1.29 is 8.42 Å². The maximum atomic E-state index is 12.1. The number of nitrogens with one attached hydrogen (secondary N) is 1. The van der Waals surface area contributed by atoms with Crippen LogP contribution in [0.3, 0.4) is 0 Å². The van der Waals surface area contributed by atoms with Gasteiger partial charge in [-0.15, -0.1) is 0 Å². The Morgan fingerprint density at radius 2 is 1.84 bits per heavy atom. The maximum absolute atomic E-state index is 12.1. The van der Waals surface area contributed by atoms with Crippen molar-refractivity contribution in [1.29, 1.82) is 5.26 Å². The van der Waals surface area contributed by atoms with Gasteiger partial charge < -0.3 is 0 Å².